The van der Waals surface area contributed by atoms with Crippen LogP contribution in [0.15, 0.2) is 0 Å². The highest BCUT2D eigenvalue weighted by atomic mass is 16.3. The van der Waals surface area contributed by atoms with Crippen molar-refractivity contribution < 1.29 is 9.90 Å². The highest BCUT2D eigenvalue weighted by Gasteiger charge is 2.40. The van der Waals surface area contributed by atoms with Crippen LogP contribution in [-0.4, -0.2) is 60.1 Å². The molecular weight excluding hydrogens is 168 g/mol. The maximum atomic E-state index is 11.2. The summed E-state index contributed by atoms with van der Waals surface area (Å²) in [6.45, 7) is 2.45. The molecule has 74 valence electrons. The number of aliphatic hydroxyl groups is 1. The van der Waals surface area contributed by atoms with Crippen LogP contribution in [0.25, 0.3) is 0 Å². The molecule has 4 nitrogen and oxygen atoms in total. The molecule has 2 saturated heterocycles. The van der Waals surface area contributed by atoms with Crippen LogP contribution in [0.5, 0.6) is 0 Å². The topological polar surface area (TPSA) is 43.8 Å². The predicted molar refractivity (Wildman–Crippen MR) is 48.2 cm³/mol. The zero-order chi connectivity index (χ0) is 9.42. The Balaban J connectivity index is 1.98. The van der Waals surface area contributed by atoms with Gasteiger partial charge in [0.05, 0.1) is 0 Å². The van der Waals surface area contributed by atoms with Gasteiger partial charge in [-0.1, -0.05) is 0 Å². The lowest BCUT2D eigenvalue weighted by Gasteiger charge is -2.19. The molecule has 0 spiro atoms. The van der Waals surface area contributed by atoms with Crippen molar-refractivity contribution in [2.45, 2.75) is 12.5 Å². The fourth-order valence-electron chi connectivity index (χ4n) is 2.48. The van der Waals surface area contributed by atoms with Gasteiger partial charge in [0.15, 0.2) is 0 Å². The van der Waals surface area contributed by atoms with Crippen molar-refractivity contribution in [3.8, 4) is 0 Å². The summed E-state index contributed by atoms with van der Waals surface area (Å²) in [5.41, 5.74) is 0. The number of nitrogens with zero attached hydrogens (tertiary/aromatic N) is 2. The van der Waals surface area contributed by atoms with E-state index in [4.69, 9.17) is 5.11 Å². The van der Waals surface area contributed by atoms with Crippen LogP contribution < -0.4 is 0 Å². The van der Waals surface area contributed by atoms with E-state index in [1.807, 2.05) is 0 Å². The molecule has 2 unspecified atom stereocenters. The van der Waals surface area contributed by atoms with Crippen LogP contribution in [-0.2, 0) is 4.79 Å². The molecule has 0 aliphatic carbocycles. The van der Waals surface area contributed by atoms with E-state index in [1.165, 1.54) is 6.42 Å². The largest absolute Gasteiger partial charge is 0.387 e. The van der Waals surface area contributed by atoms with Gasteiger partial charge in [-0.05, 0) is 25.9 Å². The normalized spacial score (nSPS) is 33.8. The van der Waals surface area contributed by atoms with Gasteiger partial charge < -0.3 is 14.9 Å². The molecule has 0 saturated carbocycles. The molecule has 2 heterocycles. The summed E-state index contributed by atoms with van der Waals surface area (Å²) in [5.74, 6) is 0.517. The SMILES string of the molecule is CN1CCC2CN(C(=O)CO)CC21. The average molecular weight is 184 g/mol. The first kappa shape index (κ1) is 8.97. The van der Waals surface area contributed by atoms with Gasteiger partial charge in [-0.3, -0.25) is 4.79 Å². The fourth-order valence-corrected chi connectivity index (χ4v) is 2.48. The van der Waals surface area contributed by atoms with Crippen LogP contribution in [0.1, 0.15) is 6.42 Å². The van der Waals surface area contributed by atoms with Crippen molar-refractivity contribution in [1.29, 1.82) is 0 Å². The van der Waals surface area contributed by atoms with Crippen molar-refractivity contribution in [2.24, 2.45) is 5.92 Å². The number of fused-ring (bicyclic) bond motifs is 1. The molecule has 0 radical (unpaired) electrons. The van der Waals surface area contributed by atoms with E-state index >= 15 is 0 Å². The van der Waals surface area contributed by atoms with E-state index in [0.717, 1.165) is 19.6 Å². The summed E-state index contributed by atoms with van der Waals surface area (Å²) in [6, 6.07) is 0.537. The second kappa shape index (κ2) is 3.27. The highest BCUT2D eigenvalue weighted by molar-refractivity contribution is 5.77. The minimum absolute atomic E-state index is 0.122. The average Bonchev–Trinajstić information content (AvgIpc) is 2.67. The number of hydrogen-bond acceptors (Lipinski definition) is 3. The third-order valence-electron chi connectivity index (χ3n) is 3.31. The quantitative estimate of drug-likeness (QED) is 0.577. The van der Waals surface area contributed by atoms with Crippen LogP contribution in [0.2, 0.25) is 0 Å². The molecule has 2 fully saturated rings. The summed E-state index contributed by atoms with van der Waals surface area (Å²) in [5, 5.41) is 8.72. The molecule has 2 atom stereocenters. The van der Waals surface area contributed by atoms with Gasteiger partial charge in [0.1, 0.15) is 6.61 Å². The van der Waals surface area contributed by atoms with E-state index in [0.29, 0.717) is 12.0 Å². The number of amides is 1. The van der Waals surface area contributed by atoms with Gasteiger partial charge in [0.25, 0.3) is 0 Å². The Hall–Kier alpha value is -0.610. The summed E-state index contributed by atoms with van der Waals surface area (Å²) >= 11 is 0. The third kappa shape index (κ3) is 1.44. The van der Waals surface area contributed by atoms with Crippen molar-refractivity contribution in [1.82, 2.24) is 9.80 Å². The molecule has 1 amide bonds. The fraction of sp³-hybridized carbons (Fsp3) is 0.889. The number of carbonyl (C=O) groups is 1. The number of likely N-dealkylation sites (N-methyl/N-ethyl adjacent to an activating group) is 1. The van der Waals surface area contributed by atoms with E-state index in [9.17, 15) is 4.79 Å². The van der Waals surface area contributed by atoms with Crippen LogP contribution >= 0.6 is 0 Å². The van der Waals surface area contributed by atoms with Gasteiger partial charge in [-0.25, -0.2) is 0 Å². The molecule has 13 heavy (non-hydrogen) atoms. The van der Waals surface area contributed by atoms with Gasteiger partial charge in [-0.15, -0.1) is 0 Å². The second-order valence-corrected chi connectivity index (χ2v) is 4.05. The number of rotatable bonds is 1. The van der Waals surface area contributed by atoms with Gasteiger partial charge in [-0.2, -0.15) is 0 Å². The molecule has 4 heteroatoms. The first-order valence-corrected chi connectivity index (χ1v) is 4.81. The van der Waals surface area contributed by atoms with Crippen molar-refractivity contribution >= 4 is 5.91 Å². The Bertz CT molecular complexity index is 220. The molecule has 0 aromatic heterocycles. The van der Waals surface area contributed by atoms with Crippen molar-refractivity contribution in [2.75, 3.05) is 33.3 Å². The number of carbonyl (C=O) groups excluding carboxylic acids is 1. The van der Waals surface area contributed by atoms with E-state index in [1.54, 1.807) is 4.90 Å². The Labute approximate surface area is 78.1 Å². The minimum atomic E-state index is -0.344. The van der Waals surface area contributed by atoms with Crippen LogP contribution in [0.3, 0.4) is 0 Å². The molecule has 0 bridgehead atoms. The summed E-state index contributed by atoms with van der Waals surface area (Å²) in [4.78, 5) is 15.3. The molecule has 2 aliphatic rings. The lowest BCUT2D eigenvalue weighted by molar-refractivity contribution is -0.133. The molecule has 2 rings (SSSR count). The third-order valence-corrected chi connectivity index (χ3v) is 3.31. The smallest absolute Gasteiger partial charge is 0.248 e. The van der Waals surface area contributed by atoms with Gasteiger partial charge in [0.2, 0.25) is 5.91 Å². The van der Waals surface area contributed by atoms with E-state index < -0.39 is 0 Å². The minimum Gasteiger partial charge on any atom is -0.387 e. The van der Waals surface area contributed by atoms with Gasteiger partial charge >= 0.3 is 0 Å². The van der Waals surface area contributed by atoms with Crippen LogP contribution in [0, 0.1) is 5.92 Å². The molecular formula is C9H16N2O2. The molecule has 0 aromatic rings. The zero-order valence-electron chi connectivity index (χ0n) is 7.94. The molecule has 1 N–H and O–H groups in total. The predicted octanol–water partition coefficient (Wildman–Crippen LogP) is -0.859. The molecule has 0 aromatic carbocycles. The Morgan fingerprint density at radius 3 is 2.92 bits per heavy atom. The lowest BCUT2D eigenvalue weighted by Crippen LogP contribution is -2.36. The van der Waals surface area contributed by atoms with E-state index in [2.05, 4.69) is 11.9 Å². The monoisotopic (exact) mass is 184 g/mol. The first-order valence-electron chi connectivity index (χ1n) is 4.81. The number of hydrogen-bond donors (Lipinski definition) is 1. The van der Waals surface area contributed by atoms with E-state index in [-0.39, 0.29) is 12.5 Å². The van der Waals surface area contributed by atoms with Crippen molar-refractivity contribution in [3.63, 3.8) is 0 Å². The van der Waals surface area contributed by atoms with Crippen molar-refractivity contribution in [3.05, 3.63) is 0 Å². The summed E-state index contributed by atoms with van der Waals surface area (Å²) in [7, 11) is 2.11. The highest BCUT2D eigenvalue weighted by Crippen LogP contribution is 2.29. The maximum Gasteiger partial charge on any atom is 0.248 e. The lowest BCUT2D eigenvalue weighted by atomic mass is 10.1. The number of likely N-dealkylation sites (tertiary alicyclic amines) is 2. The standard InChI is InChI=1S/C9H16N2O2/c1-10-3-2-7-4-11(5-8(7)10)9(13)6-12/h7-8,12H,2-6H2,1H3. The maximum absolute atomic E-state index is 11.2. The molecule has 2 aliphatic heterocycles. The van der Waals surface area contributed by atoms with Gasteiger partial charge in [0, 0.05) is 19.1 Å². The summed E-state index contributed by atoms with van der Waals surface area (Å²) in [6.07, 6.45) is 1.19. The zero-order valence-corrected chi connectivity index (χ0v) is 7.94. The Morgan fingerprint density at radius 1 is 1.54 bits per heavy atom. The number of aliphatic hydroxyl groups excluding tert-OH is 1. The Kier molecular flexibility index (Phi) is 2.26. The van der Waals surface area contributed by atoms with Crippen LogP contribution in [0.4, 0.5) is 0 Å². The first-order chi connectivity index (χ1) is 6.22. The second-order valence-electron chi connectivity index (χ2n) is 4.05. The summed E-state index contributed by atoms with van der Waals surface area (Å²) < 4.78 is 0. The Morgan fingerprint density at radius 2 is 2.31 bits per heavy atom.